The number of rotatable bonds is 4. The fourth-order valence-corrected chi connectivity index (χ4v) is 2.54. The van der Waals surface area contributed by atoms with Crippen molar-refractivity contribution in [2.45, 2.75) is 20.8 Å². The minimum absolute atomic E-state index is 0.0926. The van der Waals surface area contributed by atoms with Gasteiger partial charge in [0.2, 0.25) is 5.91 Å². The van der Waals surface area contributed by atoms with Crippen LogP contribution >= 0.6 is 11.6 Å². The average Bonchev–Trinajstić information content (AvgIpc) is 2.42. The van der Waals surface area contributed by atoms with Gasteiger partial charge < -0.3 is 10.6 Å². The number of halogens is 1. The maximum Gasteiger partial charge on any atom is 0.243 e. The van der Waals surface area contributed by atoms with Crippen LogP contribution in [-0.2, 0) is 4.79 Å². The van der Waals surface area contributed by atoms with E-state index in [1.807, 2.05) is 39.0 Å². The second-order valence-electron chi connectivity index (χ2n) is 5.16. The molecule has 0 aliphatic heterocycles. The van der Waals surface area contributed by atoms with Crippen molar-refractivity contribution in [3.63, 3.8) is 0 Å². The average molecular weight is 303 g/mol. The van der Waals surface area contributed by atoms with Gasteiger partial charge in [0, 0.05) is 5.69 Å². The van der Waals surface area contributed by atoms with Crippen LogP contribution in [0.15, 0.2) is 36.4 Å². The van der Waals surface area contributed by atoms with Crippen molar-refractivity contribution in [3.8, 4) is 0 Å². The van der Waals surface area contributed by atoms with Crippen molar-refractivity contribution < 1.29 is 4.79 Å². The Hall–Kier alpha value is -2.00. The van der Waals surface area contributed by atoms with E-state index in [0.717, 1.165) is 22.5 Å². The molecule has 2 aromatic carbocycles. The molecule has 0 aliphatic carbocycles. The van der Waals surface area contributed by atoms with Gasteiger partial charge in [0.1, 0.15) is 0 Å². The van der Waals surface area contributed by atoms with Gasteiger partial charge in [-0.3, -0.25) is 4.79 Å². The summed E-state index contributed by atoms with van der Waals surface area (Å²) < 4.78 is 0. The van der Waals surface area contributed by atoms with Crippen molar-refractivity contribution >= 4 is 28.9 Å². The van der Waals surface area contributed by atoms with E-state index in [1.54, 1.807) is 6.07 Å². The molecule has 0 unspecified atom stereocenters. The highest BCUT2D eigenvalue weighted by Crippen LogP contribution is 2.22. The Morgan fingerprint density at radius 2 is 1.71 bits per heavy atom. The molecule has 21 heavy (non-hydrogen) atoms. The summed E-state index contributed by atoms with van der Waals surface area (Å²) >= 11 is 6.04. The van der Waals surface area contributed by atoms with E-state index in [9.17, 15) is 4.79 Å². The first-order chi connectivity index (χ1) is 9.97. The zero-order valence-corrected chi connectivity index (χ0v) is 13.2. The molecule has 0 fully saturated rings. The number of nitrogens with one attached hydrogen (secondary N) is 2. The third-order valence-electron chi connectivity index (χ3n) is 3.25. The van der Waals surface area contributed by atoms with E-state index in [-0.39, 0.29) is 12.5 Å². The van der Waals surface area contributed by atoms with E-state index in [4.69, 9.17) is 11.6 Å². The highest BCUT2D eigenvalue weighted by Gasteiger charge is 2.08. The molecule has 0 heterocycles. The zero-order chi connectivity index (χ0) is 15.4. The molecule has 0 radical (unpaired) electrons. The summed E-state index contributed by atoms with van der Waals surface area (Å²) in [4.78, 5) is 12.1. The summed E-state index contributed by atoms with van der Waals surface area (Å²) in [7, 11) is 0. The number of hydrogen-bond acceptors (Lipinski definition) is 2. The van der Waals surface area contributed by atoms with Crippen molar-refractivity contribution in [1.82, 2.24) is 0 Å². The molecule has 3 nitrogen and oxygen atoms in total. The molecule has 0 aromatic heterocycles. The Kier molecular flexibility index (Phi) is 4.86. The van der Waals surface area contributed by atoms with Gasteiger partial charge in [-0.05, 0) is 44.0 Å². The van der Waals surface area contributed by atoms with E-state index < -0.39 is 0 Å². The number of para-hydroxylation sites is 1. The van der Waals surface area contributed by atoms with E-state index >= 15 is 0 Å². The van der Waals surface area contributed by atoms with Crippen LogP contribution in [0.3, 0.4) is 0 Å². The first-order valence-corrected chi connectivity index (χ1v) is 7.21. The van der Waals surface area contributed by atoms with Crippen molar-refractivity contribution in [2.24, 2.45) is 0 Å². The topological polar surface area (TPSA) is 41.1 Å². The predicted octanol–water partition coefficient (Wildman–Crippen LogP) is 4.32. The summed E-state index contributed by atoms with van der Waals surface area (Å²) in [5.41, 5.74) is 4.97. The van der Waals surface area contributed by atoms with Gasteiger partial charge in [-0.2, -0.15) is 0 Å². The number of anilines is 2. The lowest BCUT2D eigenvalue weighted by Crippen LogP contribution is -2.22. The van der Waals surface area contributed by atoms with E-state index in [2.05, 4.69) is 22.8 Å². The SMILES string of the molecule is Cc1cc(C)c(NC(=O)CNc2ccccc2Cl)c(C)c1. The largest absolute Gasteiger partial charge is 0.375 e. The van der Waals surface area contributed by atoms with Crippen LogP contribution in [0.2, 0.25) is 5.02 Å². The van der Waals surface area contributed by atoms with Gasteiger partial charge in [0.15, 0.2) is 0 Å². The van der Waals surface area contributed by atoms with Crippen molar-refractivity contribution in [3.05, 3.63) is 58.1 Å². The lowest BCUT2D eigenvalue weighted by Gasteiger charge is -2.14. The first kappa shape index (κ1) is 15.4. The van der Waals surface area contributed by atoms with E-state index in [0.29, 0.717) is 5.02 Å². The quantitative estimate of drug-likeness (QED) is 0.883. The number of hydrogen-bond donors (Lipinski definition) is 2. The number of benzene rings is 2. The molecule has 0 saturated heterocycles. The van der Waals surface area contributed by atoms with Gasteiger partial charge in [-0.15, -0.1) is 0 Å². The molecule has 0 spiro atoms. The molecule has 2 rings (SSSR count). The third-order valence-corrected chi connectivity index (χ3v) is 3.58. The highest BCUT2D eigenvalue weighted by molar-refractivity contribution is 6.33. The Morgan fingerprint density at radius 3 is 2.33 bits per heavy atom. The third kappa shape index (κ3) is 3.99. The van der Waals surface area contributed by atoms with Crippen LogP contribution in [0.4, 0.5) is 11.4 Å². The lowest BCUT2D eigenvalue weighted by atomic mass is 10.1. The summed E-state index contributed by atoms with van der Waals surface area (Å²) in [6.07, 6.45) is 0. The molecular weight excluding hydrogens is 284 g/mol. The van der Waals surface area contributed by atoms with Crippen LogP contribution in [0, 0.1) is 20.8 Å². The minimum Gasteiger partial charge on any atom is -0.375 e. The van der Waals surface area contributed by atoms with Gasteiger partial charge >= 0.3 is 0 Å². The molecule has 0 aliphatic rings. The zero-order valence-electron chi connectivity index (χ0n) is 12.5. The normalized spacial score (nSPS) is 10.3. The fraction of sp³-hybridized carbons (Fsp3) is 0.235. The molecule has 4 heteroatoms. The summed E-state index contributed by atoms with van der Waals surface area (Å²) in [5.74, 6) is -0.0926. The van der Waals surface area contributed by atoms with E-state index in [1.165, 1.54) is 5.56 Å². The number of carbonyl (C=O) groups is 1. The Morgan fingerprint density at radius 1 is 1.10 bits per heavy atom. The second kappa shape index (κ2) is 6.64. The summed E-state index contributed by atoms with van der Waals surface area (Å²) in [6, 6.07) is 11.5. The van der Waals surface area contributed by atoms with Crippen LogP contribution < -0.4 is 10.6 Å². The number of carbonyl (C=O) groups excluding carboxylic acids is 1. The van der Waals surface area contributed by atoms with Crippen LogP contribution in [0.1, 0.15) is 16.7 Å². The molecule has 2 aromatic rings. The summed E-state index contributed by atoms with van der Waals surface area (Å²) in [5, 5.41) is 6.59. The standard InChI is InChI=1S/C17H19ClN2O/c1-11-8-12(2)17(13(3)9-11)20-16(21)10-19-15-7-5-4-6-14(15)18/h4-9,19H,10H2,1-3H3,(H,20,21). The van der Waals surface area contributed by atoms with Crippen molar-refractivity contribution in [1.29, 1.82) is 0 Å². The van der Waals surface area contributed by atoms with Gasteiger partial charge in [-0.1, -0.05) is 41.4 Å². The highest BCUT2D eigenvalue weighted by atomic mass is 35.5. The molecular formula is C17H19ClN2O. The Bertz CT molecular complexity index is 645. The second-order valence-corrected chi connectivity index (χ2v) is 5.56. The molecule has 0 atom stereocenters. The molecule has 2 N–H and O–H groups in total. The maximum absolute atomic E-state index is 12.1. The molecule has 0 saturated carbocycles. The first-order valence-electron chi connectivity index (χ1n) is 6.83. The van der Waals surface area contributed by atoms with Gasteiger partial charge in [0.25, 0.3) is 0 Å². The van der Waals surface area contributed by atoms with Gasteiger partial charge in [-0.25, -0.2) is 0 Å². The Labute approximate surface area is 130 Å². The van der Waals surface area contributed by atoms with Crippen LogP contribution in [0.5, 0.6) is 0 Å². The number of amides is 1. The maximum atomic E-state index is 12.1. The minimum atomic E-state index is -0.0926. The van der Waals surface area contributed by atoms with Crippen LogP contribution in [-0.4, -0.2) is 12.5 Å². The molecule has 110 valence electrons. The predicted molar refractivity (Wildman–Crippen MR) is 89.2 cm³/mol. The summed E-state index contributed by atoms with van der Waals surface area (Å²) in [6.45, 7) is 6.22. The van der Waals surface area contributed by atoms with Gasteiger partial charge in [0.05, 0.1) is 17.3 Å². The smallest absolute Gasteiger partial charge is 0.243 e. The number of aryl methyl sites for hydroxylation is 3. The molecule has 1 amide bonds. The lowest BCUT2D eigenvalue weighted by molar-refractivity contribution is -0.114. The molecule has 0 bridgehead atoms. The van der Waals surface area contributed by atoms with Crippen LogP contribution in [0.25, 0.3) is 0 Å². The fourth-order valence-electron chi connectivity index (χ4n) is 2.34. The monoisotopic (exact) mass is 302 g/mol. The van der Waals surface area contributed by atoms with Crippen molar-refractivity contribution in [2.75, 3.05) is 17.2 Å². The Balaban J connectivity index is 2.01.